The maximum absolute atomic E-state index is 12.5. The monoisotopic (exact) mass is 424 g/mol. The Bertz CT molecular complexity index is 1030. The molecule has 2 aromatic carbocycles. The van der Waals surface area contributed by atoms with Crippen LogP contribution in [0.1, 0.15) is 12.5 Å². The molecule has 0 unspecified atom stereocenters. The van der Waals surface area contributed by atoms with Gasteiger partial charge in [0.05, 0.1) is 6.42 Å². The van der Waals surface area contributed by atoms with Crippen LogP contribution < -0.4 is 21.3 Å². The molecule has 154 valence electrons. The van der Waals surface area contributed by atoms with Crippen LogP contribution in [-0.2, 0) is 11.2 Å². The van der Waals surface area contributed by atoms with Gasteiger partial charge < -0.3 is 16.0 Å². The number of carbonyl (C=O) groups excluding carboxylic acids is 2. The molecule has 0 saturated heterocycles. The van der Waals surface area contributed by atoms with Crippen LogP contribution in [-0.4, -0.2) is 28.5 Å². The van der Waals surface area contributed by atoms with Crippen LogP contribution in [0.15, 0.2) is 60.8 Å². The minimum atomic E-state index is -0.408. The fraction of sp³-hybridized carbons (Fsp3) is 0.143. The lowest BCUT2D eigenvalue weighted by molar-refractivity contribution is -0.115. The number of hydrogen-bond donors (Lipinski definition) is 4. The minimum Gasteiger partial charge on any atom is -0.340 e. The Morgan fingerprint density at radius 1 is 1.00 bits per heavy atom. The number of anilines is 4. The molecule has 0 aliphatic heterocycles. The Labute approximate surface area is 179 Å². The smallest absolute Gasteiger partial charge is 0.321 e. The number of nitrogens with one attached hydrogen (secondary N) is 4. The summed E-state index contributed by atoms with van der Waals surface area (Å²) < 4.78 is 0. The van der Waals surface area contributed by atoms with Gasteiger partial charge in [0, 0.05) is 34.7 Å². The van der Waals surface area contributed by atoms with Gasteiger partial charge in [-0.05, 0) is 37.3 Å². The summed E-state index contributed by atoms with van der Waals surface area (Å²) in [5.74, 6) is 0.295. The van der Waals surface area contributed by atoms with Crippen LogP contribution in [0.3, 0.4) is 0 Å². The fourth-order valence-corrected chi connectivity index (χ4v) is 2.80. The second-order valence-electron chi connectivity index (χ2n) is 6.28. The van der Waals surface area contributed by atoms with Gasteiger partial charge in [-0.2, -0.15) is 4.98 Å². The van der Waals surface area contributed by atoms with Gasteiger partial charge in [-0.1, -0.05) is 35.9 Å². The topological polar surface area (TPSA) is 108 Å². The van der Waals surface area contributed by atoms with E-state index in [2.05, 4.69) is 31.2 Å². The van der Waals surface area contributed by atoms with E-state index < -0.39 is 6.03 Å². The van der Waals surface area contributed by atoms with E-state index in [-0.39, 0.29) is 18.3 Å². The lowest BCUT2D eigenvalue weighted by Gasteiger charge is -2.13. The van der Waals surface area contributed by atoms with Gasteiger partial charge >= 0.3 is 6.03 Å². The number of carbonyl (C=O) groups is 2. The number of amides is 3. The van der Waals surface area contributed by atoms with Crippen molar-refractivity contribution in [3.63, 3.8) is 0 Å². The third-order valence-electron chi connectivity index (χ3n) is 3.92. The summed E-state index contributed by atoms with van der Waals surface area (Å²) in [5.41, 5.74) is 1.96. The number of aromatic nitrogens is 2. The molecule has 0 aliphatic rings. The Morgan fingerprint density at radius 2 is 1.77 bits per heavy atom. The number of hydrogen-bond acceptors (Lipinski definition) is 5. The number of urea groups is 1. The van der Waals surface area contributed by atoms with E-state index in [1.807, 2.05) is 37.3 Å². The first kappa shape index (κ1) is 21.1. The molecule has 30 heavy (non-hydrogen) atoms. The van der Waals surface area contributed by atoms with E-state index in [0.29, 0.717) is 28.6 Å². The molecule has 0 aliphatic carbocycles. The molecule has 0 atom stereocenters. The Balaban J connectivity index is 1.80. The van der Waals surface area contributed by atoms with Gasteiger partial charge in [0.1, 0.15) is 5.82 Å². The second-order valence-corrected chi connectivity index (χ2v) is 6.71. The van der Waals surface area contributed by atoms with Crippen molar-refractivity contribution in [2.75, 3.05) is 22.5 Å². The van der Waals surface area contributed by atoms with Crippen molar-refractivity contribution in [1.82, 2.24) is 15.3 Å². The highest BCUT2D eigenvalue weighted by Gasteiger charge is 2.14. The SMILES string of the molecule is CCNC(=O)Nc1ncc(CC(=O)Nc2cccc(Cl)c2)c(Nc2ccccc2)n1. The maximum Gasteiger partial charge on any atom is 0.321 e. The van der Waals surface area contributed by atoms with Crippen molar-refractivity contribution < 1.29 is 9.59 Å². The zero-order chi connectivity index (χ0) is 21.3. The zero-order valence-corrected chi connectivity index (χ0v) is 17.0. The van der Waals surface area contributed by atoms with E-state index in [1.165, 1.54) is 6.20 Å². The highest BCUT2D eigenvalue weighted by Crippen LogP contribution is 2.21. The van der Waals surface area contributed by atoms with E-state index >= 15 is 0 Å². The molecule has 0 fully saturated rings. The van der Waals surface area contributed by atoms with Crippen LogP contribution >= 0.6 is 11.6 Å². The Kier molecular flexibility index (Phi) is 7.18. The first-order valence-corrected chi connectivity index (χ1v) is 9.69. The Morgan fingerprint density at radius 3 is 2.50 bits per heavy atom. The highest BCUT2D eigenvalue weighted by molar-refractivity contribution is 6.30. The predicted octanol–water partition coefficient (Wildman–Crippen LogP) is 4.20. The number of rotatable bonds is 7. The van der Waals surface area contributed by atoms with E-state index in [1.54, 1.807) is 24.3 Å². The van der Waals surface area contributed by atoms with Crippen molar-refractivity contribution in [3.05, 3.63) is 71.4 Å². The van der Waals surface area contributed by atoms with Crippen molar-refractivity contribution in [2.45, 2.75) is 13.3 Å². The fourth-order valence-electron chi connectivity index (χ4n) is 2.61. The lowest BCUT2D eigenvalue weighted by Crippen LogP contribution is -2.29. The van der Waals surface area contributed by atoms with Gasteiger partial charge in [0.15, 0.2) is 0 Å². The predicted molar refractivity (Wildman–Crippen MR) is 118 cm³/mol. The van der Waals surface area contributed by atoms with Crippen LogP contribution in [0, 0.1) is 0 Å². The molecule has 3 amide bonds. The van der Waals surface area contributed by atoms with E-state index in [9.17, 15) is 9.59 Å². The molecule has 0 spiro atoms. The largest absolute Gasteiger partial charge is 0.340 e. The van der Waals surface area contributed by atoms with Crippen molar-refractivity contribution in [3.8, 4) is 0 Å². The molecular weight excluding hydrogens is 404 g/mol. The quantitative estimate of drug-likeness (QED) is 0.454. The van der Waals surface area contributed by atoms with Crippen LogP contribution in [0.5, 0.6) is 0 Å². The van der Waals surface area contributed by atoms with Gasteiger partial charge in [-0.25, -0.2) is 9.78 Å². The summed E-state index contributed by atoms with van der Waals surface area (Å²) in [5, 5.41) is 11.7. The Hall–Kier alpha value is -3.65. The lowest BCUT2D eigenvalue weighted by atomic mass is 10.2. The van der Waals surface area contributed by atoms with Gasteiger partial charge in [0.25, 0.3) is 0 Å². The zero-order valence-electron chi connectivity index (χ0n) is 16.3. The van der Waals surface area contributed by atoms with Gasteiger partial charge in [-0.3, -0.25) is 10.1 Å². The molecule has 8 nitrogen and oxygen atoms in total. The summed E-state index contributed by atoms with van der Waals surface area (Å²) in [4.78, 5) is 32.8. The number of benzene rings is 2. The third kappa shape index (κ3) is 6.18. The first-order chi connectivity index (χ1) is 14.5. The number of nitrogens with zero attached hydrogens (tertiary/aromatic N) is 2. The molecule has 9 heteroatoms. The van der Waals surface area contributed by atoms with Crippen LogP contribution in [0.4, 0.5) is 27.9 Å². The summed E-state index contributed by atoms with van der Waals surface area (Å²) >= 11 is 5.96. The number of para-hydroxylation sites is 1. The summed E-state index contributed by atoms with van der Waals surface area (Å²) in [7, 11) is 0. The minimum absolute atomic E-state index is 0.0309. The average Bonchev–Trinajstić information content (AvgIpc) is 2.71. The third-order valence-corrected chi connectivity index (χ3v) is 4.16. The molecule has 0 saturated carbocycles. The summed E-state index contributed by atoms with van der Waals surface area (Å²) in [6, 6.07) is 15.9. The average molecular weight is 425 g/mol. The normalized spacial score (nSPS) is 10.2. The second kappa shape index (κ2) is 10.2. The molecule has 0 bridgehead atoms. The van der Waals surface area contributed by atoms with E-state index in [4.69, 9.17) is 11.6 Å². The summed E-state index contributed by atoms with van der Waals surface area (Å²) in [6.07, 6.45) is 1.54. The molecule has 4 N–H and O–H groups in total. The molecule has 3 aromatic rings. The molecule has 1 aromatic heterocycles. The van der Waals surface area contributed by atoms with Gasteiger partial charge in [-0.15, -0.1) is 0 Å². The standard InChI is InChI=1S/C21H21ClN6O2/c1-2-23-21(30)28-20-24-13-14(19(27-20)26-16-8-4-3-5-9-16)11-18(29)25-17-10-6-7-15(22)12-17/h3-10,12-13H,2,11H2,1H3,(H,25,29)(H3,23,24,26,27,28,30). The first-order valence-electron chi connectivity index (χ1n) is 9.31. The van der Waals surface area contributed by atoms with Crippen LogP contribution in [0.2, 0.25) is 5.02 Å². The van der Waals surface area contributed by atoms with Crippen molar-refractivity contribution >= 4 is 46.7 Å². The molecule has 3 rings (SSSR count). The molecule has 1 heterocycles. The number of halogens is 1. The van der Waals surface area contributed by atoms with Crippen molar-refractivity contribution in [1.29, 1.82) is 0 Å². The van der Waals surface area contributed by atoms with Crippen LogP contribution in [0.25, 0.3) is 0 Å². The van der Waals surface area contributed by atoms with Gasteiger partial charge in [0.2, 0.25) is 11.9 Å². The summed E-state index contributed by atoms with van der Waals surface area (Å²) in [6.45, 7) is 2.28. The molecular formula is C21H21ClN6O2. The van der Waals surface area contributed by atoms with Crippen molar-refractivity contribution in [2.24, 2.45) is 0 Å². The molecule has 0 radical (unpaired) electrons. The maximum atomic E-state index is 12.5. The van der Waals surface area contributed by atoms with E-state index in [0.717, 1.165) is 5.69 Å². The highest BCUT2D eigenvalue weighted by atomic mass is 35.5.